The van der Waals surface area contributed by atoms with Crippen molar-refractivity contribution >= 4 is 29.4 Å². The maximum absolute atomic E-state index is 12.1. The van der Waals surface area contributed by atoms with Crippen molar-refractivity contribution in [3.63, 3.8) is 0 Å². The second kappa shape index (κ2) is 10.5. The number of hydrogen-bond donors (Lipinski definition) is 3. The second-order valence-electron chi connectivity index (χ2n) is 5.94. The average molecular weight is 399 g/mol. The number of rotatable bonds is 9. The molecule has 1 unspecified atom stereocenters. The van der Waals surface area contributed by atoms with E-state index in [1.54, 1.807) is 24.3 Å². The number of nitrogens with two attached hydrogens (primary N) is 1. The Hall–Kier alpha value is -3.88. The molecule has 0 spiro atoms. The molecular formula is C20H21N3O6. The number of benzene rings is 2. The Morgan fingerprint density at radius 3 is 2.28 bits per heavy atom. The van der Waals surface area contributed by atoms with Crippen molar-refractivity contribution in [1.82, 2.24) is 5.32 Å². The van der Waals surface area contributed by atoms with E-state index in [9.17, 15) is 19.2 Å². The fraction of sp³-hybridized carbons (Fsp3) is 0.200. The molecule has 9 heteroatoms. The molecule has 29 heavy (non-hydrogen) atoms. The van der Waals surface area contributed by atoms with E-state index in [0.717, 1.165) is 0 Å². The summed E-state index contributed by atoms with van der Waals surface area (Å²) >= 11 is 0. The van der Waals surface area contributed by atoms with E-state index in [0.29, 0.717) is 17.0 Å². The van der Waals surface area contributed by atoms with Crippen molar-refractivity contribution in [3.05, 3.63) is 60.2 Å². The summed E-state index contributed by atoms with van der Waals surface area (Å²) in [6, 6.07) is 14.7. The Labute approximate surface area is 167 Å². The number of nitrogens with one attached hydrogen (secondary N) is 2. The van der Waals surface area contributed by atoms with Gasteiger partial charge in [-0.3, -0.25) is 19.2 Å². The summed E-state index contributed by atoms with van der Waals surface area (Å²) in [6.07, 6.45) is -1.09. The maximum Gasteiger partial charge on any atom is 0.326 e. The smallest absolute Gasteiger partial charge is 0.326 e. The SMILES string of the molecule is CC(OC(=O)CNC(=O)COc1ccccc1)C(=O)Nc1ccc(C(N)=O)cc1. The first-order valence-electron chi connectivity index (χ1n) is 8.70. The van der Waals surface area contributed by atoms with Crippen LogP contribution in [0.4, 0.5) is 5.69 Å². The van der Waals surface area contributed by atoms with Crippen molar-refractivity contribution in [2.45, 2.75) is 13.0 Å². The lowest BCUT2D eigenvalue weighted by Crippen LogP contribution is -2.37. The normalized spacial score (nSPS) is 11.1. The third-order valence-corrected chi connectivity index (χ3v) is 3.66. The molecule has 0 radical (unpaired) electrons. The zero-order valence-corrected chi connectivity index (χ0v) is 15.7. The lowest BCUT2D eigenvalue weighted by Gasteiger charge is -2.14. The molecule has 4 N–H and O–H groups in total. The second-order valence-corrected chi connectivity index (χ2v) is 5.94. The Morgan fingerprint density at radius 1 is 1.00 bits per heavy atom. The Bertz CT molecular complexity index is 868. The number of hydrogen-bond acceptors (Lipinski definition) is 6. The van der Waals surface area contributed by atoms with Crippen LogP contribution in [0.5, 0.6) is 5.75 Å². The summed E-state index contributed by atoms with van der Waals surface area (Å²) in [5.41, 5.74) is 5.86. The van der Waals surface area contributed by atoms with E-state index in [1.165, 1.54) is 31.2 Å². The van der Waals surface area contributed by atoms with Crippen LogP contribution in [0.2, 0.25) is 0 Å². The minimum absolute atomic E-state index is 0.255. The summed E-state index contributed by atoms with van der Waals surface area (Å²) in [5.74, 6) is -1.90. The predicted molar refractivity (Wildman–Crippen MR) is 104 cm³/mol. The number of carbonyl (C=O) groups excluding carboxylic acids is 4. The van der Waals surface area contributed by atoms with Crippen molar-refractivity contribution in [2.24, 2.45) is 5.73 Å². The molecule has 3 amide bonds. The summed E-state index contributed by atoms with van der Waals surface area (Å²) in [5, 5.41) is 4.89. The quantitative estimate of drug-likeness (QED) is 0.535. The first-order chi connectivity index (χ1) is 13.8. The Balaban J connectivity index is 1.71. The highest BCUT2D eigenvalue weighted by atomic mass is 16.5. The molecule has 0 saturated carbocycles. The van der Waals surface area contributed by atoms with E-state index in [-0.39, 0.29) is 6.61 Å². The molecule has 2 aromatic rings. The lowest BCUT2D eigenvalue weighted by atomic mass is 10.2. The molecule has 0 aliphatic heterocycles. The molecule has 0 aliphatic rings. The lowest BCUT2D eigenvalue weighted by molar-refractivity contribution is -0.152. The summed E-state index contributed by atoms with van der Waals surface area (Å²) in [7, 11) is 0. The zero-order chi connectivity index (χ0) is 21.2. The highest BCUT2D eigenvalue weighted by Crippen LogP contribution is 2.10. The van der Waals surface area contributed by atoms with Crippen molar-refractivity contribution in [1.29, 1.82) is 0 Å². The molecule has 9 nitrogen and oxygen atoms in total. The highest BCUT2D eigenvalue weighted by Gasteiger charge is 2.18. The van der Waals surface area contributed by atoms with Crippen LogP contribution in [-0.2, 0) is 19.1 Å². The third kappa shape index (κ3) is 7.33. The van der Waals surface area contributed by atoms with E-state index in [4.69, 9.17) is 15.2 Å². The van der Waals surface area contributed by atoms with Crippen LogP contribution >= 0.6 is 0 Å². The van der Waals surface area contributed by atoms with Crippen LogP contribution in [0.25, 0.3) is 0 Å². The first kappa shape index (κ1) is 21.4. The van der Waals surface area contributed by atoms with Crippen molar-refractivity contribution in [3.8, 4) is 5.75 Å². The minimum atomic E-state index is -1.09. The molecule has 0 fully saturated rings. The molecule has 0 aromatic heterocycles. The van der Waals surface area contributed by atoms with Gasteiger partial charge < -0.3 is 25.8 Å². The molecule has 0 heterocycles. The largest absolute Gasteiger partial charge is 0.484 e. The van der Waals surface area contributed by atoms with Gasteiger partial charge in [0.15, 0.2) is 12.7 Å². The fourth-order valence-corrected chi connectivity index (χ4v) is 2.14. The minimum Gasteiger partial charge on any atom is -0.484 e. The van der Waals surface area contributed by atoms with Gasteiger partial charge in [0.2, 0.25) is 5.91 Å². The Morgan fingerprint density at radius 2 is 1.66 bits per heavy atom. The van der Waals surface area contributed by atoms with Gasteiger partial charge in [-0.2, -0.15) is 0 Å². The summed E-state index contributed by atoms with van der Waals surface area (Å²) in [6.45, 7) is 0.738. The predicted octanol–water partition coefficient (Wildman–Crippen LogP) is 0.851. The summed E-state index contributed by atoms with van der Waals surface area (Å²) in [4.78, 5) is 46.6. The highest BCUT2D eigenvalue weighted by molar-refractivity contribution is 5.97. The topological polar surface area (TPSA) is 137 Å². The van der Waals surface area contributed by atoms with Gasteiger partial charge in [-0.15, -0.1) is 0 Å². The van der Waals surface area contributed by atoms with Gasteiger partial charge in [0.05, 0.1) is 0 Å². The third-order valence-electron chi connectivity index (χ3n) is 3.66. The van der Waals surface area contributed by atoms with Gasteiger partial charge in [-0.05, 0) is 43.3 Å². The van der Waals surface area contributed by atoms with Gasteiger partial charge >= 0.3 is 5.97 Å². The van der Waals surface area contributed by atoms with Gasteiger partial charge in [0.25, 0.3) is 11.8 Å². The molecule has 2 aromatic carbocycles. The monoisotopic (exact) mass is 399 g/mol. The number of para-hydroxylation sites is 1. The first-order valence-corrected chi connectivity index (χ1v) is 8.70. The van der Waals surface area contributed by atoms with Gasteiger partial charge in [-0.25, -0.2) is 0 Å². The molecule has 1 atom stereocenters. The zero-order valence-electron chi connectivity index (χ0n) is 15.7. The van der Waals surface area contributed by atoms with Gasteiger partial charge in [0, 0.05) is 11.3 Å². The molecule has 0 aliphatic carbocycles. The molecule has 2 rings (SSSR count). The van der Waals surface area contributed by atoms with Crippen LogP contribution < -0.4 is 21.1 Å². The number of ether oxygens (including phenoxy) is 2. The molecule has 152 valence electrons. The standard InChI is InChI=1S/C20H21N3O6/c1-13(20(27)23-15-9-7-14(8-10-15)19(21)26)29-18(25)11-22-17(24)12-28-16-5-3-2-4-6-16/h2-10,13H,11-12H2,1H3,(H2,21,26)(H,22,24)(H,23,27). The number of amides is 3. The number of esters is 1. The fourth-order valence-electron chi connectivity index (χ4n) is 2.14. The molecule has 0 bridgehead atoms. The van der Waals surface area contributed by atoms with Crippen LogP contribution in [0.15, 0.2) is 54.6 Å². The van der Waals surface area contributed by atoms with Crippen LogP contribution in [0, 0.1) is 0 Å². The Kier molecular flexibility index (Phi) is 7.72. The van der Waals surface area contributed by atoms with Crippen molar-refractivity contribution in [2.75, 3.05) is 18.5 Å². The number of primary amides is 1. The van der Waals surface area contributed by atoms with Crippen LogP contribution in [0.1, 0.15) is 17.3 Å². The van der Waals surface area contributed by atoms with Gasteiger partial charge in [0.1, 0.15) is 12.3 Å². The molecule has 0 saturated heterocycles. The maximum atomic E-state index is 12.1. The molecular weight excluding hydrogens is 378 g/mol. The number of carbonyl (C=O) groups is 4. The van der Waals surface area contributed by atoms with Crippen LogP contribution in [0.3, 0.4) is 0 Å². The van der Waals surface area contributed by atoms with Crippen LogP contribution in [-0.4, -0.2) is 42.9 Å². The average Bonchev–Trinajstić information content (AvgIpc) is 2.71. The van der Waals surface area contributed by atoms with E-state index in [1.807, 2.05) is 6.07 Å². The summed E-state index contributed by atoms with van der Waals surface area (Å²) < 4.78 is 10.2. The van der Waals surface area contributed by atoms with E-state index >= 15 is 0 Å². The van der Waals surface area contributed by atoms with Crippen molar-refractivity contribution < 1.29 is 28.7 Å². The number of anilines is 1. The van der Waals surface area contributed by atoms with E-state index in [2.05, 4.69) is 10.6 Å². The van der Waals surface area contributed by atoms with Gasteiger partial charge in [-0.1, -0.05) is 18.2 Å². The van der Waals surface area contributed by atoms with E-state index < -0.39 is 36.3 Å².